The molecule has 6 N–H and O–H groups in total. The third kappa shape index (κ3) is 5.85. The van der Waals surface area contributed by atoms with E-state index >= 15 is 0 Å². The van der Waals surface area contributed by atoms with E-state index in [-0.39, 0.29) is 12.1 Å². The van der Waals surface area contributed by atoms with Crippen molar-refractivity contribution in [2.45, 2.75) is 38.6 Å². The summed E-state index contributed by atoms with van der Waals surface area (Å²) in [5.74, 6) is 1.86. The van der Waals surface area contributed by atoms with Crippen LogP contribution in [0.4, 0.5) is 0 Å². The van der Waals surface area contributed by atoms with Crippen LogP contribution in [-0.4, -0.2) is 43.5 Å². The average Bonchev–Trinajstić information content (AvgIpc) is 2.56. The maximum Gasteiger partial charge on any atom is 0.112 e. The Morgan fingerprint density at radius 1 is 1.62 bits per heavy atom. The van der Waals surface area contributed by atoms with Crippen LogP contribution in [0, 0.1) is 0 Å². The summed E-state index contributed by atoms with van der Waals surface area (Å²) in [5.41, 5.74) is 5.67. The van der Waals surface area contributed by atoms with Crippen molar-refractivity contribution < 1.29 is 9.84 Å². The van der Waals surface area contributed by atoms with Gasteiger partial charge >= 0.3 is 0 Å². The first-order chi connectivity index (χ1) is 10.2. The second-order valence-electron chi connectivity index (χ2n) is 5.27. The molecule has 6 nitrogen and oxygen atoms in total. The highest BCUT2D eigenvalue weighted by Crippen LogP contribution is 2.16. The quantitative estimate of drug-likeness (QED) is 0.400. The maximum atomic E-state index is 8.92. The molecule has 1 aliphatic heterocycles. The van der Waals surface area contributed by atoms with Crippen LogP contribution in [0.25, 0.3) is 0 Å². The van der Waals surface area contributed by atoms with Gasteiger partial charge in [0.15, 0.2) is 0 Å². The van der Waals surface area contributed by atoms with Crippen LogP contribution < -0.4 is 21.7 Å². The molecule has 1 heterocycles. The SMILES string of the molecule is C/C=C(\NCCO)NC(CC)(CN)COC1=CNCCC1. The molecular weight excluding hydrogens is 268 g/mol. The Bertz CT molecular complexity index is 352. The number of nitrogens with one attached hydrogen (secondary N) is 3. The molecule has 0 spiro atoms. The largest absolute Gasteiger partial charge is 0.494 e. The molecule has 122 valence electrons. The van der Waals surface area contributed by atoms with Gasteiger partial charge in [-0.15, -0.1) is 0 Å². The van der Waals surface area contributed by atoms with Crippen molar-refractivity contribution >= 4 is 0 Å². The van der Waals surface area contributed by atoms with E-state index in [4.69, 9.17) is 15.6 Å². The lowest BCUT2D eigenvalue weighted by Gasteiger charge is -2.35. The molecule has 0 bridgehead atoms. The van der Waals surface area contributed by atoms with Crippen molar-refractivity contribution in [3.05, 3.63) is 23.9 Å². The molecule has 0 aliphatic carbocycles. The third-order valence-corrected chi connectivity index (χ3v) is 3.72. The molecule has 1 rings (SSSR count). The van der Waals surface area contributed by atoms with Gasteiger partial charge in [-0.2, -0.15) is 0 Å². The number of nitrogens with two attached hydrogens (primary N) is 1. The molecule has 0 saturated heterocycles. The zero-order valence-electron chi connectivity index (χ0n) is 13.2. The predicted octanol–water partition coefficient (Wildman–Crippen LogP) is 0.368. The summed E-state index contributed by atoms with van der Waals surface area (Å²) in [6.07, 6.45) is 6.80. The van der Waals surface area contributed by atoms with Crippen molar-refractivity contribution in [3.8, 4) is 0 Å². The molecule has 1 unspecified atom stereocenters. The summed E-state index contributed by atoms with van der Waals surface area (Å²) in [4.78, 5) is 0. The maximum absolute atomic E-state index is 8.92. The first-order valence-electron chi connectivity index (χ1n) is 7.74. The van der Waals surface area contributed by atoms with Gasteiger partial charge in [-0.05, 0) is 25.8 Å². The summed E-state index contributed by atoms with van der Waals surface area (Å²) in [5, 5.41) is 18.7. The average molecular weight is 298 g/mol. The first kappa shape index (κ1) is 17.7. The van der Waals surface area contributed by atoms with Crippen LogP contribution in [0.15, 0.2) is 23.9 Å². The second kappa shape index (κ2) is 9.52. The fourth-order valence-corrected chi connectivity index (χ4v) is 2.14. The lowest BCUT2D eigenvalue weighted by atomic mass is 9.97. The minimum absolute atomic E-state index is 0.0931. The monoisotopic (exact) mass is 298 g/mol. The van der Waals surface area contributed by atoms with Gasteiger partial charge in [-0.25, -0.2) is 0 Å². The topological polar surface area (TPSA) is 91.6 Å². The predicted molar refractivity (Wildman–Crippen MR) is 85.3 cm³/mol. The first-order valence-corrected chi connectivity index (χ1v) is 7.74. The molecule has 0 aromatic carbocycles. The molecular formula is C15H30N4O2. The number of rotatable bonds is 10. The Morgan fingerprint density at radius 2 is 2.43 bits per heavy atom. The molecule has 0 aromatic heterocycles. The molecule has 0 amide bonds. The summed E-state index contributed by atoms with van der Waals surface area (Å²) >= 11 is 0. The summed E-state index contributed by atoms with van der Waals surface area (Å²) in [6.45, 7) is 6.64. The highest BCUT2D eigenvalue weighted by Gasteiger charge is 2.28. The van der Waals surface area contributed by atoms with Gasteiger partial charge in [0.1, 0.15) is 12.4 Å². The zero-order valence-corrected chi connectivity index (χ0v) is 13.2. The van der Waals surface area contributed by atoms with Gasteiger partial charge in [0.25, 0.3) is 0 Å². The van der Waals surface area contributed by atoms with E-state index in [0.29, 0.717) is 19.7 Å². The zero-order chi connectivity index (χ0) is 15.6. The van der Waals surface area contributed by atoms with Crippen LogP contribution in [0.3, 0.4) is 0 Å². The number of hydrogen-bond acceptors (Lipinski definition) is 6. The summed E-state index contributed by atoms with van der Waals surface area (Å²) in [6, 6.07) is 0. The Balaban J connectivity index is 2.61. The molecule has 0 radical (unpaired) electrons. The van der Waals surface area contributed by atoms with Gasteiger partial charge in [-0.3, -0.25) is 0 Å². The van der Waals surface area contributed by atoms with Gasteiger partial charge < -0.3 is 31.5 Å². The van der Waals surface area contributed by atoms with E-state index in [1.807, 2.05) is 19.2 Å². The van der Waals surface area contributed by atoms with Gasteiger partial charge in [0.2, 0.25) is 0 Å². The van der Waals surface area contributed by atoms with E-state index in [1.54, 1.807) is 0 Å². The van der Waals surface area contributed by atoms with E-state index in [1.165, 1.54) is 0 Å². The van der Waals surface area contributed by atoms with Crippen molar-refractivity contribution in [2.24, 2.45) is 5.73 Å². The molecule has 0 saturated carbocycles. The van der Waals surface area contributed by atoms with Crippen LogP contribution in [0.1, 0.15) is 33.1 Å². The molecule has 1 atom stereocenters. The second-order valence-corrected chi connectivity index (χ2v) is 5.27. The Kier molecular flexibility index (Phi) is 8.00. The fraction of sp³-hybridized carbons (Fsp3) is 0.733. The van der Waals surface area contributed by atoms with E-state index < -0.39 is 0 Å². The molecule has 1 aliphatic rings. The lowest BCUT2D eigenvalue weighted by Crippen LogP contribution is -2.55. The third-order valence-electron chi connectivity index (χ3n) is 3.72. The van der Waals surface area contributed by atoms with Crippen molar-refractivity contribution in [1.82, 2.24) is 16.0 Å². The highest BCUT2D eigenvalue weighted by molar-refractivity contribution is 5.05. The number of ether oxygens (including phenoxy) is 1. The van der Waals surface area contributed by atoms with E-state index in [0.717, 1.165) is 37.4 Å². The lowest BCUT2D eigenvalue weighted by molar-refractivity contribution is 0.115. The van der Waals surface area contributed by atoms with E-state index in [9.17, 15) is 0 Å². The van der Waals surface area contributed by atoms with Crippen LogP contribution in [0.5, 0.6) is 0 Å². The number of aliphatic hydroxyl groups is 1. The Morgan fingerprint density at radius 3 is 2.95 bits per heavy atom. The highest BCUT2D eigenvalue weighted by atomic mass is 16.5. The van der Waals surface area contributed by atoms with Crippen LogP contribution >= 0.6 is 0 Å². The van der Waals surface area contributed by atoms with Gasteiger partial charge in [0.05, 0.1) is 18.0 Å². The minimum Gasteiger partial charge on any atom is -0.494 e. The number of hydrogen-bond donors (Lipinski definition) is 5. The minimum atomic E-state index is -0.317. The number of aliphatic hydroxyl groups excluding tert-OH is 1. The van der Waals surface area contributed by atoms with Crippen molar-refractivity contribution in [2.75, 3.05) is 32.8 Å². The molecule has 21 heavy (non-hydrogen) atoms. The Hall–Kier alpha value is -1.40. The molecule has 0 aromatic rings. The fourth-order valence-electron chi connectivity index (χ4n) is 2.14. The van der Waals surface area contributed by atoms with Crippen LogP contribution in [-0.2, 0) is 4.74 Å². The van der Waals surface area contributed by atoms with Crippen molar-refractivity contribution in [1.29, 1.82) is 0 Å². The Labute approximate surface area is 127 Å². The van der Waals surface area contributed by atoms with Gasteiger partial charge in [-0.1, -0.05) is 6.92 Å². The number of allylic oxidation sites excluding steroid dienone is 2. The smallest absolute Gasteiger partial charge is 0.112 e. The summed E-state index contributed by atoms with van der Waals surface area (Å²) in [7, 11) is 0. The van der Waals surface area contributed by atoms with Gasteiger partial charge in [0, 0.05) is 32.3 Å². The normalized spacial score (nSPS) is 18.3. The van der Waals surface area contributed by atoms with E-state index in [2.05, 4.69) is 22.9 Å². The molecule has 0 fully saturated rings. The van der Waals surface area contributed by atoms with Crippen LogP contribution in [0.2, 0.25) is 0 Å². The van der Waals surface area contributed by atoms with Crippen molar-refractivity contribution in [3.63, 3.8) is 0 Å². The standard InChI is InChI=1S/C15H30N4O2/c1-3-14(18-8-9-20)19-15(4-2,11-16)12-21-13-6-5-7-17-10-13/h3,10,17-20H,4-9,11-12,16H2,1-2H3/b14-3+. The molecule has 6 heteroatoms. The summed E-state index contributed by atoms with van der Waals surface area (Å²) < 4.78 is 5.93.